The topological polar surface area (TPSA) is 113 Å². The van der Waals surface area contributed by atoms with Crippen molar-refractivity contribution in [2.24, 2.45) is 16.0 Å². The second-order valence-corrected chi connectivity index (χ2v) is 9.72. The highest BCUT2D eigenvalue weighted by Crippen LogP contribution is 2.28. The molecule has 0 aromatic rings. The van der Waals surface area contributed by atoms with Crippen LogP contribution in [0.4, 0.5) is 0 Å². The third kappa shape index (κ3) is 6.53. The predicted molar refractivity (Wildman–Crippen MR) is 108 cm³/mol. The Morgan fingerprint density at radius 2 is 2.23 bits per heavy atom. The van der Waals surface area contributed by atoms with Crippen molar-refractivity contribution in [2.45, 2.75) is 54.0 Å². The zero-order chi connectivity index (χ0) is 19.2. The minimum atomic E-state index is -1.57. The van der Waals surface area contributed by atoms with Gasteiger partial charge in [0, 0.05) is 6.04 Å². The second-order valence-electron chi connectivity index (χ2n) is 6.01. The number of hydrogen-bond acceptors (Lipinski definition) is 9. The molecule has 12 heteroatoms. The molecular weight excluding hydrogens is 423 g/mol. The molecule has 3 atom stereocenters. The number of halogens is 3. The first-order chi connectivity index (χ1) is 12.4. The van der Waals surface area contributed by atoms with Crippen LogP contribution in [0.3, 0.4) is 0 Å². The highest BCUT2D eigenvalue weighted by molar-refractivity contribution is 7.99. The Balaban J connectivity index is 2.15. The number of nitrogens with zero attached hydrogens (tertiary/aromatic N) is 2. The molecule has 0 spiro atoms. The summed E-state index contributed by atoms with van der Waals surface area (Å²) in [6, 6.07) is -0.0575. The van der Waals surface area contributed by atoms with Crippen molar-refractivity contribution in [1.82, 2.24) is 16.1 Å². The van der Waals surface area contributed by atoms with Gasteiger partial charge in [0.25, 0.3) is 0 Å². The van der Waals surface area contributed by atoms with Gasteiger partial charge in [0.15, 0.2) is 11.2 Å². The van der Waals surface area contributed by atoms with Crippen LogP contribution in [0.2, 0.25) is 0 Å². The van der Waals surface area contributed by atoms with E-state index in [0.717, 1.165) is 25.0 Å². The average molecular weight is 446 g/mol. The average Bonchev–Trinajstić information content (AvgIpc) is 3.05. The van der Waals surface area contributed by atoms with Crippen LogP contribution < -0.4 is 21.9 Å². The Hall–Kier alpha value is -0.610. The molecule has 0 aromatic carbocycles. The highest BCUT2D eigenvalue weighted by atomic mass is 35.6. The molecule has 2 rings (SSSR count). The van der Waals surface area contributed by atoms with Gasteiger partial charge in [-0.15, -0.1) is 11.8 Å². The molecule has 1 heterocycles. The van der Waals surface area contributed by atoms with Gasteiger partial charge in [-0.3, -0.25) is 5.84 Å². The summed E-state index contributed by atoms with van der Waals surface area (Å²) in [5, 5.41) is 9.79. The van der Waals surface area contributed by atoms with E-state index in [-0.39, 0.29) is 30.1 Å². The number of aliphatic imine (C=N–C) groups is 1. The number of alkyl halides is 3. The molecule has 0 saturated heterocycles. The molecule has 1 aliphatic carbocycles. The van der Waals surface area contributed by atoms with Gasteiger partial charge in [-0.05, 0) is 31.4 Å². The maximum Gasteiger partial charge on any atom is 0.240 e. The van der Waals surface area contributed by atoms with Gasteiger partial charge in [-0.25, -0.2) is 4.99 Å². The number of hydrazine groups is 1. The van der Waals surface area contributed by atoms with Gasteiger partial charge in [-0.2, -0.15) is 4.91 Å². The first kappa shape index (κ1) is 21.7. The van der Waals surface area contributed by atoms with Crippen molar-refractivity contribution in [3.05, 3.63) is 16.4 Å². The van der Waals surface area contributed by atoms with Crippen molar-refractivity contribution in [1.29, 1.82) is 0 Å². The molecule has 148 valence electrons. The summed E-state index contributed by atoms with van der Waals surface area (Å²) in [7, 11) is 0. The monoisotopic (exact) mass is 444 g/mol. The maximum atomic E-state index is 10.7. The van der Waals surface area contributed by atoms with E-state index in [9.17, 15) is 4.91 Å². The minimum absolute atomic E-state index is 0.105. The fourth-order valence-electron chi connectivity index (χ4n) is 2.71. The third-order valence-electron chi connectivity index (χ3n) is 3.87. The second kappa shape index (κ2) is 10.1. The number of nitroso groups, excluding NO2 is 1. The Kier molecular flexibility index (Phi) is 8.41. The van der Waals surface area contributed by atoms with Gasteiger partial charge in [0.1, 0.15) is 12.4 Å². The normalized spacial score (nSPS) is 26.2. The van der Waals surface area contributed by atoms with Crippen molar-refractivity contribution in [3.8, 4) is 0 Å². The lowest BCUT2D eigenvalue weighted by molar-refractivity contribution is 0.304. The standard InChI is InChI=1S/C14H23Cl3N6O2S/c1-2-5-26-13-20-11(19-8-3-4-9(6-8)23-24)10(22-18)12(21-13)25-7-14(15,16)17/h8-9,13,19-20,22H,2-7,18H2,1H3/t8-,9+,13?/m0/s1. The fourth-order valence-corrected chi connectivity index (χ4v) is 3.70. The van der Waals surface area contributed by atoms with E-state index in [1.165, 1.54) is 0 Å². The highest BCUT2D eigenvalue weighted by Gasteiger charge is 2.31. The van der Waals surface area contributed by atoms with E-state index in [1.54, 1.807) is 11.8 Å². The van der Waals surface area contributed by atoms with Crippen LogP contribution in [0, 0.1) is 4.91 Å². The molecule has 1 fully saturated rings. The summed E-state index contributed by atoms with van der Waals surface area (Å²) in [6.07, 6.45) is 3.28. The number of nitrogens with two attached hydrogens (primary N) is 1. The van der Waals surface area contributed by atoms with E-state index in [2.05, 4.69) is 33.2 Å². The summed E-state index contributed by atoms with van der Waals surface area (Å²) in [4.78, 5) is 15.2. The molecule has 0 radical (unpaired) electrons. The molecule has 26 heavy (non-hydrogen) atoms. The van der Waals surface area contributed by atoms with Gasteiger partial charge in [0.2, 0.25) is 9.69 Å². The first-order valence-electron chi connectivity index (χ1n) is 8.32. The number of rotatable bonds is 8. The Bertz CT molecular complexity index is 557. The molecule has 0 amide bonds. The SMILES string of the molecule is CCCSC1N=C(OCC(Cl)(Cl)Cl)C(NN)=C(N[C@H]2CC[C@@H](N=O)C2)N1. The van der Waals surface area contributed by atoms with Crippen molar-refractivity contribution in [3.63, 3.8) is 0 Å². The lowest BCUT2D eigenvalue weighted by Gasteiger charge is -2.30. The number of hydrogen-bond donors (Lipinski definition) is 4. The van der Waals surface area contributed by atoms with Crippen molar-refractivity contribution in [2.75, 3.05) is 12.4 Å². The molecule has 1 aliphatic heterocycles. The summed E-state index contributed by atoms with van der Waals surface area (Å²) in [6.45, 7) is 1.92. The predicted octanol–water partition coefficient (Wildman–Crippen LogP) is 2.71. The molecule has 0 bridgehead atoms. The van der Waals surface area contributed by atoms with Crippen LogP contribution in [0.1, 0.15) is 32.6 Å². The molecular formula is C14H23Cl3N6O2S. The Morgan fingerprint density at radius 3 is 2.81 bits per heavy atom. The van der Waals surface area contributed by atoms with Crippen LogP contribution in [-0.2, 0) is 4.74 Å². The zero-order valence-electron chi connectivity index (χ0n) is 14.3. The van der Waals surface area contributed by atoms with Gasteiger partial charge in [-0.1, -0.05) is 46.9 Å². The van der Waals surface area contributed by atoms with Crippen LogP contribution in [0.15, 0.2) is 21.7 Å². The molecule has 0 aromatic heterocycles. The molecule has 2 aliphatic rings. The Morgan fingerprint density at radius 1 is 1.46 bits per heavy atom. The molecule has 8 nitrogen and oxygen atoms in total. The van der Waals surface area contributed by atoms with E-state index >= 15 is 0 Å². The van der Waals surface area contributed by atoms with Crippen LogP contribution >= 0.6 is 46.6 Å². The van der Waals surface area contributed by atoms with Crippen LogP contribution in [0.25, 0.3) is 0 Å². The smallest absolute Gasteiger partial charge is 0.240 e. The largest absolute Gasteiger partial charge is 0.472 e. The van der Waals surface area contributed by atoms with Gasteiger partial charge < -0.3 is 20.8 Å². The van der Waals surface area contributed by atoms with Crippen LogP contribution in [0.5, 0.6) is 0 Å². The number of nitrogens with one attached hydrogen (secondary N) is 3. The minimum Gasteiger partial charge on any atom is -0.472 e. The Labute approximate surface area is 171 Å². The van der Waals surface area contributed by atoms with Crippen molar-refractivity contribution >= 4 is 52.5 Å². The van der Waals surface area contributed by atoms with E-state index in [1.807, 2.05) is 0 Å². The lowest BCUT2D eigenvalue weighted by Crippen LogP contribution is -2.47. The van der Waals surface area contributed by atoms with Crippen molar-refractivity contribution < 1.29 is 4.74 Å². The van der Waals surface area contributed by atoms with E-state index < -0.39 is 3.79 Å². The summed E-state index contributed by atoms with van der Waals surface area (Å²) < 4.78 is 4.02. The number of ether oxygens (including phenoxy) is 1. The van der Waals surface area contributed by atoms with Gasteiger partial charge >= 0.3 is 0 Å². The van der Waals surface area contributed by atoms with E-state index in [4.69, 9.17) is 45.4 Å². The molecule has 1 saturated carbocycles. The summed E-state index contributed by atoms with van der Waals surface area (Å²) >= 11 is 19.0. The zero-order valence-corrected chi connectivity index (χ0v) is 17.4. The van der Waals surface area contributed by atoms with Crippen LogP contribution in [-0.4, -0.2) is 39.6 Å². The quantitative estimate of drug-likeness (QED) is 0.197. The maximum absolute atomic E-state index is 10.7. The fraction of sp³-hybridized carbons (Fsp3) is 0.786. The lowest BCUT2D eigenvalue weighted by atomic mass is 10.2. The summed E-state index contributed by atoms with van der Waals surface area (Å²) in [5.74, 6) is 7.49. The number of thioether (sulfide) groups is 1. The molecule has 5 N–H and O–H groups in total. The van der Waals surface area contributed by atoms with E-state index in [0.29, 0.717) is 17.9 Å². The summed E-state index contributed by atoms with van der Waals surface area (Å²) in [5.41, 5.74) is 2.77. The first-order valence-corrected chi connectivity index (χ1v) is 10.5. The molecule has 1 unspecified atom stereocenters. The van der Waals surface area contributed by atoms with Gasteiger partial charge in [0.05, 0.1) is 6.04 Å². The third-order valence-corrected chi connectivity index (χ3v) is 5.38.